The number of anilines is 2. The quantitative estimate of drug-likeness (QED) is 0.723. The summed E-state index contributed by atoms with van der Waals surface area (Å²) in [6.07, 6.45) is 6.40. The molecule has 0 spiro atoms. The van der Waals surface area contributed by atoms with Crippen molar-refractivity contribution in [2.75, 3.05) is 24.3 Å². The number of nitrogens with zero attached hydrogens (tertiary/aromatic N) is 2. The van der Waals surface area contributed by atoms with Gasteiger partial charge in [-0.15, -0.1) is 0 Å². The average molecular weight is 266 g/mol. The Morgan fingerprint density at radius 2 is 2.16 bits per heavy atom. The van der Waals surface area contributed by atoms with Crippen LogP contribution in [0.25, 0.3) is 0 Å². The standard InChI is InChI=1S/C13H22N4O2/c1-2-7-19-12-10(14)11(15-9-16-12)17-13(8-18)5-3-4-6-13/h9,18H,2-8,14H2,1H3,(H,15,16,17). The van der Waals surface area contributed by atoms with Gasteiger partial charge in [-0.05, 0) is 19.3 Å². The van der Waals surface area contributed by atoms with Gasteiger partial charge in [0.15, 0.2) is 5.82 Å². The Kier molecular flexibility index (Phi) is 4.42. The molecule has 0 saturated heterocycles. The molecule has 0 radical (unpaired) electrons. The summed E-state index contributed by atoms with van der Waals surface area (Å²) in [6, 6.07) is 0. The first kappa shape index (κ1) is 13.9. The Balaban J connectivity index is 2.15. The minimum absolute atomic E-state index is 0.0849. The maximum Gasteiger partial charge on any atom is 0.242 e. The maximum atomic E-state index is 9.60. The molecular formula is C13H22N4O2. The highest BCUT2D eigenvalue weighted by Crippen LogP contribution is 2.35. The van der Waals surface area contributed by atoms with Crippen LogP contribution in [0.1, 0.15) is 39.0 Å². The van der Waals surface area contributed by atoms with Crippen molar-refractivity contribution in [2.45, 2.75) is 44.6 Å². The molecule has 0 unspecified atom stereocenters. The lowest BCUT2D eigenvalue weighted by Crippen LogP contribution is -2.39. The molecule has 4 N–H and O–H groups in total. The number of nitrogen functional groups attached to an aromatic ring is 1. The fourth-order valence-electron chi connectivity index (χ4n) is 2.42. The molecule has 0 amide bonds. The molecule has 1 saturated carbocycles. The van der Waals surface area contributed by atoms with E-state index in [0.29, 0.717) is 24.0 Å². The summed E-state index contributed by atoms with van der Waals surface area (Å²) in [6.45, 7) is 2.68. The van der Waals surface area contributed by atoms with Crippen molar-refractivity contribution in [3.63, 3.8) is 0 Å². The molecule has 0 bridgehead atoms. The molecule has 2 rings (SSSR count). The lowest BCUT2D eigenvalue weighted by Gasteiger charge is -2.29. The number of aliphatic hydroxyl groups excluding tert-OH is 1. The minimum Gasteiger partial charge on any atom is -0.476 e. The number of aromatic nitrogens is 2. The Morgan fingerprint density at radius 1 is 1.42 bits per heavy atom. The van der Waals surface area contributed by atoms with E-state index < -0.39 is 0 Å². The van der Waals surface area contributed by atoms with Crippen LogP contribution >= 0.6 is 0 Å². The third kappa shape index (κ3) is 3.07. The van der Waals surface area contributed by atoms with E-state index in [4.69, 9.17) is 10.5 Å². The molecule has 106 valence electrons. The van der Waals surface area contributed by atoms with Gasteiger partial charge in [0, 0.05) is 0 Å². The number of hydrogen-bond donors (Lipinski definition) is 3. The highest BCUT2D eigenvalue weighted by molar-refractivity contribution is 5.67. The highest BCUT2D eigenvalue weighted by Gasteiger charge is 2.34. The first-order valence-electron chi connectivity index (χ1n) is 6.83. The van der Waals surface area contributed by atoms with Crippen molar-refractivity contribution < 1.29 is 9.84 Å². The van der Waals surface area contributed by atoms with E-state index in [1.807, 2.05) is 6.92 Å². The minimum atomic E-state index is -0.301. The molecule has 0 aliphatic heterocycles. The van der Waals surface area contributed by atoms with Crippen LogP contribution < -0.4 is 15.8 Å². The number of aliphatic hydroxyl groups is 1. The van der Waals surface area contributed by atoms with Gasteiger partial charge in [-0.1, -0.05) is 19.8 Å². The number of hydrogen-bond acceptors (Lipinski definition) is 6. The van der Waals surface area contributed by atoms with Crippen LogP contribution in [0.5, 0.6) is 5.88 Å². The largest absolute Gasteiger partial charge is 0.476 e. The smallest absolute Gasteiger partial charge is 0.242 e. The first-order chi connectivity index (χ1) is 9.21. The second-order valence-corrected chi connectivity index (χ2v) is 5.06. The highest BCUT2D eigenvalue weighted by atomic mass is 16.5. The van der Waals surface area contributed by atoms with E-state index in [-0.39, 0.29) is 12.1 Å². The van der Waals surface area contributed by atoms with Crippen LogP contribution in [-0.2, 0) is 0 Å². The maximum absolute atomic E-state index is 9.60. The predicted octanol–water partition coefficient (Wildman–Crippen LogP) is 1.56. The molecule has 6 nitrogen and oxygen atoms in total. The Hall–Kier alpha value is -1.56. The molecule has 0 aromatic carbocycles. The van der Waals surface area contributed by atoms with Crippen LogP contribution in [0.2, 0.25) is 0 Å². The molecule has 1 aliphatic carbocycles. The number of nitrogens with one attached hydrogen (secondary N) is 1. The molecule has 1 fully saturated rings. The zero-order chi connectivity index (χ0) is 13.7. The monoisotopic (exact) mass is 266 g/mol. The van der Waals surface area contributed by atoms with Crippen molar-refractivity contribution in [1.29, 1.82) is 0 Å². The van der Waals surface area contributed by atoms with Crippen molar-refractivity contribution in [1.82, 2.24) is 9.97 Å². The lowest BCUT2D eigenvalue weighted by atomic mass is 9.99. The van der Waals surface area contributed by atoms with Gasteiger partial charge in [0.25, 0.3) is 0 Å². The van der Waals surface area contributed by atoms with Crippen LogP contribution in [0.4, 0.5) is 11.5 Å². The van der Waals surface area contributed by atoms with Crippen molar-refractivity contribution in [2.24, 2.45) is 0 Å². The Morgan fingerprint density at radius 3 is 2.79 bits per heavy atom. The van der Waals surface area contributed by atoms with Crippen LogP contribution in [0.15, 0.2) is 6.33 Å². The molecule has 0 atom stereocenters. The molecule has 1 aromatic heterocycles. The summed E-state index contributed by atoms with van der Waals surface area (Å²) in [5.74, 6) is 0.961. The molecule has 1 heterocycles. The van der Waals surface area contributed by atoms with Crippen LogP contribution in [0, 0.1) is 0 Å². The van der Waals surface area contributed by atoms with Gasteiger partial charge >= 0.3 is 0 Å². The molecule has 6 heteroatoms. The van der Waals surface area contributed by atoms with E-state index >= 15 is 0 Å². The average Bonchev–Trinajstić information content (AvgIpc) is 2.89. The zero-order valence-electron chi connectivity index (χ0n) is 11.4. The number of nitrogens with two attached hydrogens (primary N) is 1. The third-order valence-corrected chi connectivity index (χ3v) is 3.54. The van der Waals surface area contributed by atoms with Gasteiger partial charge in [-0.25, -0.2) is 4.98 Å². The van der Waals surface area contributed by atoms with Crippen molar-refractivity contribution in [3.05, 3.63) is 6.33 Å². The topological polar surface area (TPSA) is 93.3 Å². The van der Waals surface area contributed by atoms with Crippen molar-refractivity contribution in [3.8, 4) is 5.88 Å². The zero-order valence-corrected chi connectivity index (χ0v) is 11.4. The fourth-order valence-corrected chi connectivity index (χ4v) is 2.42. The molecule has 1 aromatic rings. The summed E-state index contributed by atoms with van der Waals surface area (Å²) in [7, 11) is 0. The summed E-state index contributed by atoms with van der Waals surface area (Å²) in [5, 5.41) is 12.9. The van der Waals surface area contributed by atoms with Gasteiger partial charge in [-0.2, -0.15) is 4.98 Å². The summed E-state index contributed by atoms with van der Waals surface area (Å²) >= 11 is 0. The summed E-state index contributed by atoms with van der Waals surface area (Å²) < 4.78 is 5.48. The van der Waals surface area contributed by atoms with Gasteiger partial charge in [0.05, 0.1) is 18.8 Å². The Labute approximate surface area is 113 Å². The van der Waals surface area contributed by atoms with E-state index in [2.05, 4.69) is 15.3 Å². The summed E-state index contributed by atoms with van der Waals surface area (Å²) in [4.78, 5) is 8.20. The van der Waals surface area contributed by atoms with Gasteiger partial charge in [-0.3, -0.25) is 0 Å². The van der Waals surface area contributed by atoms with Crippen molar-refractivity contribution >= 4 is 11.5 Å². The van der Waals surface area contributed by atoms with E-state index in [1.165, 1.54) is 6.33 Å². The molecule has 1 aliphatic rings. The van der Waals surface area contributed by atoms with E-state index in [9.17, 15) is 5.11 Å². The number of ether oxygens (including phenoxy) is 1. The molecular weight excluding hydrogens is 244 g/mol. The predicted molar refractivity (Wildman–Crippen MR) is 74.1 cm³/mol. The van der Waals surface area contributed by atoms with E-state index in [1.54, 1.807) is 0 Å². The fraction of sp³-hybridized carbons (Fsp3) is 0.692. The van der Waals surface area contributed by atoms with Crippen LogP contribution in [0.3, 0.4) is 0 Å². The number of rotatable bonds is 6. The Bertz CT molecular complexity index is 419. The van der Waals surface area contributed by atoms with Gasteiger partial charge in [0.1, 0.15) is 12.0 Å². The first-order valence-corrected chi connectivity index (χ1v) is 6.83. The normalized spacial score (nSPS) is 17.4. The lowest BCUT2D eigenvalue weighted by molar-refractivity contribution is 0.213. The van der Waals surface area contributed by atoms with E-state index in [0.717, 1.165) is 32.1 Å². The SMILES string of the molecule is CCCOc1ncnc(NC2(CO)CCCC2)c1N. The second-order valence-electron chi connectivity index (χ2n) is 5.06. The van der Waals surface area contributed by atoms with Gasteiger partial charge in [0.2, 0.25) is 5.88 Å². The second kappa shape index (κ2) is 6.06. The van der Waals surface area contributed by atoms with Gasteiger partial charge < -0.3 is 20.9 Å². The summed E-state index contributed by atoms with van der Waals surface area (Å²) in [5.41, 5.74) is 6.13. The molecule has 19 heavy (non-hydrogen) atoms. The third-order valence-electron chi connectivity index (χ3n) is 3.54. The van der Waals surface area contributed by atoms with Crippen LogP contribution in [-0.4, -0.2) is 33.8 Å².